The normalized spacial score (nSPS) is 8.55. The molecule has 0 bridgehead atoms. The standard InChI is InChI=1S/C8H12N2.CH4/c1-3-10(2)8-6-4-5-7-9-8;/h4-7H,3H2,1-2H3;1H4. The summed E-state index contributed by atoms with van der Waals surface area (Å²) in [6.45, 7) is 3.10. The first-order chi connectivity index (χ1) is 4.84. The zero-order valence-electron chi connectivity index (χ0n) is 6.41. The molecule has 0 aromatic carbocycles. The first-order valence-corrected chi connectivity index (χ1v) is 3.46. The lowest BCUT2D eigenvalue weighted by molar-refractivity contribution is 0.938. The van der Waals surface area contributed by atoms with Crippen molar-refractivity contribution in [2.24, 2.45) is 0 Å². The second-order valence-electron chi connectivity index (χ2n) is 2.20. The van der Waals surface area contributed by atoms with Crippen LogP contribution in [0.1, 0.15) is 14.4 Å². The highest BCUT2D eigenvalue weighted by molar-refractivity contribution is 5.35. The largest absolute Gasteiger partial charge is 0.360 e. The van der Waals surface area contributed by atoms with Crippen LogP contribution in [0, 0.1) is 0 Å². The molecule has 1 heterocycles. The van der Waals surface area contributed by atoms with Gasteiger partial charge in [-0.15, -0.1) is 0 Å². The van der Waals surface area contributed by atoms with Crippen LogP contribution in [-0.2, 0) is 0 Å². The third kappa shape index (κ3) is 2.58. The van der Waals surface area contributed by atoms with Crippen molar-refractivity contribution in [2.75, 3.05) is 18.5 Å². The highest BCUT2D eigenvalue weighted by Gasteiger charge is 1.94. The summed E-state index contributed by atoms with van der Waals surface area (Å²) in [7, 11) is 2.03. The highest BCUT2D eigenvalue weighted by atomic mass is 15.1. The Labute approximate surface area is 68.9 Å². The monoisotopic (exact) mass is 152 g/mol. The third-order valence-corrected chi connectivity index (χ3v) is 1.51. The fraction of sp³-hybridized carbons (Fsp3) is 0.444. The molecule has 1 rings (SSSR count). The molecule has 0 radical (unpaired) electrons. The summed E-state index contributed by atoms with van der Waals surface area (Å²) >= 11 is 0. The molecule has 2 heteroatoms. The summed E-state index contributed by atoms with van der Waals surface area (Å²) in [4.78, 5) is 6.27. The molecule has 1 aromatic rings. The number of pyridine rings is 1. The SMILES string of the molecule is C.CCN(C)c1ccccn1. The molecule has 0 fully saturated rings. The average Bonchev–Trinajstić information content (AvgIpc) is 2.05. The van der Waals surface area contributed by atoms with Gasteiger partial charge in [0.15, 0.2) is 0 Å². The van der Waals surface area contributed by atoms with E-state index in [4.69, 9.17) is 0 Å². The molecule has 0 aliphatic heterocycles. The Kier molecular flexibility index (Phi) is 4.27. The number of rotatable bonds is 2. The Balaban J connectivity index is 0.000001000. The average molecular weight is 152 g/mol. The van der Waals surface area contributed by atoms with Crippen molar-refractivity contribution >= 4 is 5.82 Å². The predicted molar refractivity (Wildman–Crippen MR) is 49.9 cm³/mol. The maximum Gasteiger partial charge on any atom is 0.128 e. The second kappa shape index (κ2) is 4.72. The van der Waals surface area contributed by atoms with E-state index in [0.29, 0.717) is 0 Å². The predicted octanol–water partition coefficient (Wildman–Crippen LogP) is 2.17. The fourth-order valence-electron chi connectivity index (χ4n) is 0.742. The molecule has 0 aliphatic rings. The molecular formula is C9H16N2. The van der Waals surface area contributed by atoms with E-state index < -0.39 is 0 Å². The van der Waals surface area contributed by atoms with E-state index in [2.05, 4.69) is 16.8 Å². The van der Waals surface area contributed by atoms with E-state index in [-0.39, 0.29) is 7.43 Å². The van der Waals surface area contributed by atoms with Crippen LogP contribution < -0.4 is 4.90 Å². The summed E-state index contributed by atoms with van der Waals surface area (Å²) in [5.41, 5.74) is 0. The van der Waals surface area contributed by atoms with Crippen molar-refractivity contribution in [3.63, 3.8) is 0 Å². The van der Waals surface area contributed by atoms with E-state index in [9.17, 15) is 0 Å². The summed E-state index contributed by atoms with van der Waals surface area (Å²) in [5, 5.41) is 0. The minimum atomic E-state index is 0. The Morgan fingerprint density at radius 3 is 2.64 bits per heavy atom. The first kappa shape index (κ1) is 9.95. The Morgan fingerprint density at radius 1 is 1.45 bits per heavy atom. The van der Waals surface area contributed by atoms with E-state index in [1.54, 1.807) is 0 Å². The van der Waals surface area contributed by atoms with Gasteiger partial charge in [-0.25, -0.2) is 4.98 Å². The van der Waals surface area contributed by atoms with Crippen molar-refractivity contribution in [3.05, 3.63) is 24.4 Å². The number of hydrogen-bond acceptors (Lipinski definition) is 2. The molecule has 0 unspecified atom stereocenters. The van der Waals surface area contributed by atoms with Crippen LogP contribution in [0.2, 0.25) is 0 Å². The molecule has 0 amide bonds. The quantitative estimate of drug-likeness (QED) is 0.645. The fourth-order valence-corrected chi connectivity index (χ4v) is 0.742. The van der Waals surface area contributed by atoms with Crippen LogP contribution in [0.15, 0.2) is 24.4 Å². The first-order valence-electron chi connectivity index (χ1n) is 3.46. The van der Waals surface area contributed by atoms with Crippen LogP contribution in [0.4, 0.5) is 5.82 Å². The van der Waals surface area contributed by atoms with Gasteiger partial charge in [0.05, 0.1) is 0 Å². The summed E-state index contributed by atoms with van der Waals surface area (Å²) < 4.78 is 0. The van der Waals surface area contributed by atoms with E-state index in [1.165, 1.54) is 0 Å². The zero-order chi connectivity index (χ0) is 7.40. The molecular weight excluding hydrogens is 136 g/mol. The Morgan fingerprint density at radius 2 is 2.18 bits per heavy atom. The van der Waals surface area contributed by atoms with Gasteiger partial charge in [0.25, 0.3) is 0 Å². The van der Waals surface area contributed by atoms with E-state index in [1.807, 2.05) is 31.4 Å². The smallest absolute Gasteiger partial charge is 0.128 e. The summed E-state index contributed by atoms with van der Waals surface area (Å²) in [6.07, 6.45) is 1.81. The molecule has 2 nitrogen and oxygen atoms in total. The lowest BCUT2D eigenvalue weighted by Crippen LogP contribution is -2.16. The lowest BCUT2D eigenvalue weighted by atomic mass is 10.4. The van der Waals surface area contributed by atoms with E-state index in [0.717, 1.165) is 12.4 Å². The van der Waals surface area contributed by atoms with Crippen molar-refractivity contribution in [1.29, 1.82) is 0 Å². The van der Waals surface area contributed by atoms with Crippen LogP contribution in [0.3, 0.4) is 0 Å². The van der Waals surface area contributed by atoms with Gasteiger partial charge in [0.2, 0.25) is 0 Å². The van der Waals surface area contributed by atoms with Gasteiger partial charge in [0.1, 0.15) is 5.82 Å². The van der Waals surface area contributed by atoms with Crippen molar-refractivity contribution < 1.29 is 0 Å². The minimum absolute atomic E-state index is 0. The topological polar surface area (TPSA) is 16.1 Å². The molecule has 0 saturated heterocycles. The van der Waals surface area contributed by atoms with Gasteiger partial charge in [-0.05, 0) is 19.1 Å². The lowest BCUT2D eigenvalue weighted by Gasteiger charge is -2.13. The molecule has 62 valence electrons. The molecule has 0 aliphatic carbocycles. The van der Waals surface area contributed by atoms with E-state index >= 15 is 0 Å². The van der Waals surface area contributed by atoms with Crippen molar-refractivity contribution in [1.82, 2.24) is 4.98 Å². The van der Waals surface area contributed by atoms with Gasteiger partial charge in [-0.2, -0.15) is 0 Å². The molecule has 11 heavy (non-hydrogen) atoms. The molecule has 0 saturated carbocycles. The van der Waals surface area contributed by atoms with Gasteiger partial charge >= 0.3 is 0 Å². The van der Waals surface area contributed by atoms with Gasteiger partial charge in [-0.3, -0.25) is 0 Å². The zero-order valence-corrected chi connectivity index (χ0v) is 6.41. The van der Waals surface area contributed by atoms with Crippen LogP contribution in [-0.4, -0.2) is 18.6 Å². The van der Waals surface area contributed by atoms with Crippen molar-refractivity contribution in [2.45, 2.75) is 14.4 Å². The minimum Gasteiger partial charge on any atom is -0.360 e. The highest BCUT2D eigenvalue weighted by Crippen LogP contribution is 2.04. The van der Waals surface area contributed by atoms with Gasteiger partial charge in [0, 0.05) is 19.8 Å². The van der Waals surface area contributed by atoms with Crippen LogP contribution >= 0.6 is 0 Å². The van der Waals surface area contributed by atoms with Crippen LogP contribution in [0.25, 0.3) is 0 Å². The number of nitrogens with zero attached hydrogens (tertiary/aromatic N) is 2. The van der Waals surface area contributed by atoms with Gasteiger partial charge < -0.3 is 4.90 Å². The summed E-state index contributed by atoms with van der Waals surface area (Å²) in [5.74, 6) is 1.03. The number of anilines is 1. The Bertz CT molecular complexity index is 184. The maximum atomic E-state index is 4.18. The molecule has 0 spiro atoms. The second-order valence-corrected chi connectivity index (χ2v) is 2.20. The number of aromatic nitrogens is 1. The third-order valence-electron chi connectivity index (χ3n) is 1.51. The summed E-state index contributed by atoms with van der Waals surface area (Å²) in [6, 6.07) is 5.92. The number of hydrogen-bond donors (Lipinski definition) is 0. The molecule has 0 atom stereocenters. The van der Waals surface area contributed by atoms with Gasteiger partial charge in [-0.1, -0.05) is 13.5 Å². The maximum absolute atomic E-state index is 4.18. The van der Waals surface area contributed by atoms with Crippen molar-refractivity contribution in [3.8, 4) is 0 Å². The Hall–Kier alpha value is -1.05. The van der Waals surface area contributed by atoms with Crippen LogP contribution in [0.5, 0.6) is 0 Å². The molecule has 1 aromatic heterocycles. The molecule has 0 N–H and O–H groups in total.